The summed E-state index contributed by atoms with van der Waals surface area (Å²) in [6.45, 7) is 7.14. The summed E-state index contributed by atoms with van der Waals surface area (Å²) in [6.07, 6.45) is 4.04. The molecule has 0 amide bonds. The van der Waals surface area contributed by atoms with Crippen LogP contribution in [-0.4, -0.2) is 16.3 Å². The molecule has 0 bridgehead atoms. The number of nitrogens with zero attached hydrogens (tertiary/aromatic N) is 2. The van der Waals surface area contributed by atoms with Crippen molar-refractivity contribution in [1.29, 1.82) is 0 Å². The second-order valence-corrected chi connectivity index (χ2v) is 6.02. The van der Waals surface area contributed by atoms with Crippen LogP contribution in [0.1, 0.15) is 25.0 Å². The molecule has 0 fully saturated rings. The van der Waals surface area contributed by atoms with Crippen LogP contribution < -0.4 is 5.32 Å². The molecule has 2 rings (SSSR count). The zero-order valence-corrected chi connectivity index (χ0v) is 13.0. The Balaban J connectivity index is 1.92. The van der Waals surface area contributed by atoms with Crippen LogP contribution in [0.5, 0.6) is 0 Å². The molecule has 0 aliphatic heterocycles. The summed E-state index contributed by atoms with van der Waals surface area (Å²) in [5.74, 6) is 0.676. The van der Waals surface area contributed by atoms with Gasteiger partial charge < -0.3 is 5.32 Å². The molecule has 0 aliphatic carbocycles. The highest BCUT2D eigenvalue weighted by atomic mass is 79.9. The van der Waals surface area contributed by atoms with Crippen molar-refractivity contribution in [2.45, 2.75) is 26.9 Å². The van der Waals surface area contributed by atoms with Crippen molar-refractivity contribution in [3.63, 3.8) is 0 Å². The lowest BCUT2D eigenvalue weighted by molar-refractivity contribution is 0.552. The summed E-state index contributed by atoms with van der Waals surface area (Å²) in [6, 6.07) is 8.25. The molecular weight excluding hydrogens is 302 g/mol. The third-order valence-corrected chi connectivity index (χ3v) is 3.63. The average molecular weight is 322 g/mol. The highest BCUT2D eigenvalue weighted by molar-refractivity contribution is 9.10. The van der Waals surface area contributed by atoms with Gasteiger partial charge in [0.25, 0.3) is 0 Å². The van der Waals surface area contributed by atoms with Crippen LogP contribution in [0.4, 0.5) is 0 Å². The summed E-state index contributed by atoms with van der Waals surface area (Å²) in [4.78, 5) is 0. The fourth-order valence-corrected chi connectivity index (χ4v) is 2.30. The summed E-state index contributed by atoms with van der Waals surface area (Å²) in [7, 11) is 0. The van der Waals surface area contributed by atoms with E-state index in [1.165, 1.54) is 11.1 Å². The number of halogens is 1. The average Bonchev–Trinajstić information content (AvgIpc) is 2.79. The van der Waals surface area contributed by atoms with E-state index in [0.717, 1.165) is 24.1 Å². The fourth-order valence-electron chi connectivity index (χ4n) is 1.89. The molecule has 0 radical (unpaired) electrons. The summed E-state index contributed by atoms with van der Waals surface area (Å²) >= 11 is 3.56. The molecule has 1 heterocycles. The Hall–Kier alpha value is -1.13. The van der Waals surface area contributed by atoms with Gasteiger partial charge in [0.15, 0.2) is 0 Å². The van der Waals surface area contributed by atoms with Gasteiger partial charge in [-0.25, -0.2) is 0 Å². The van der Waals surface area contributed by atoms with E-state index in [1.54, 1.807) is 0 Å². The molecule has 0 unspecified atom stereocenters. The van der Waals surface area contributed by atoms with Crippen LogP contribution in [0.15, 0.2) is 41.1 Å². The summed E-state index contributed by atoms with van der Waals surface area (Å²) in [5.41, 5.74) is 2.47. The number of hydrogen-bond acceptors (Lipinski definition) is 2. The minimum absolute atomic E-state index is 0.676. The van der Waals surface area contributed by atoms with E-state index in [0.29, 0.717) is 5.92 Å². The van der Waals surface area contributed by atoms with Gasteiger partial charge in [0.2, 0.25) is 0 Å². The lowest BCUT2D eigenvalue weighted by Crippen LogP contribution is -2.18. The molecule has 3 nitrogen and oxygen atoms in total. The third kappa shape index (κ3) is 4.48. The van der Waals surface area contributed by atoms with Crippen molar-refractivity contribution in [1.82, 2.24) is 15.1 Å². The van der Waals surface area contributed by atoms with Gasteiger partial charge in [0, 0.05) is 22.8 Å². The topological polar surface area (TPSA) is 29.9 Å². The third-order valence-electron chi connectivity index (χ3n) is 2.86. The van der Waals surface area contributed by atoms with Crippen molar-refractivity contribution >= 4 is 15.9 Å². The first-order valence-electron chi connectivity index (χ1n) is 6.60. The first-order chi connectivity index (χ1) is 9.15. The van der Waals surface area contributed by atoms with Crippen LogP contribution in [0, 0.1) is 5.92 Å². The van der Waals surface area contributed by atoms with Crippen LogP contribution in [0.2, 0.25) is 0 Å². The van der Waals surface area contributed by atoms with E-state index < -0.39 is 0 Å². The molecule has 1 N–H and O–H groups in total. The molecule has 4 heteroatoms. The maximum atomic E-state index is 4.41. The monoisotopic (exact) mass is 321 g/mol. The van der Waals surface area contributed by atoms with E-state index in [9.17, 15) is 0 Å². The van der Waals surface area contributed by atoms with Gasteiger partial charge in [0.1, 0.15) is 0 Å². The highest BCUT2D eigenvalue weighted by Gasteiger charge is 2.02. The molecule has 2 aromatic rings. The summed E-state index contributed by atoms with van der Waals surface area (Å²) in [5, 5.41) is 7.83. The SMILES string of the molecule is CC(C)CNCc1cnn(Cc2ccccc2Br)c1. The minimum atomic E-state index is 0.676. The number of aromatic nitrogens is 2. The Bertz CT molecular complexity index is 520. The Morgan fingerprint density at radius 2 is 2.11 bits per heavy atom. The zero-order valence-electron chi connectivity index (χ0n) is 11.4. The smallest absolute Gasteiger partial charge is 0.0670 e. The normalized spacial score (nSPS) is 11.2. The van der Waals surface area contributed by atoms with Gasteiger partial charge >= 0.3 is 0 Å². The summed E-state index contributed by atoms with van der Waals surface area (Å²) < 4.78 is 3.11. The first kappa shape index (κ1) is 14.3. The maximum Gasteiger partial charge on any atom is 0.0670 e. The van der Waals surface area contributed by atoms with E-state index in [-0.39, 0.29) is 0 Å². The Morgan fingerprint density at radius 1 is 1.32 bits per heavy atom. The van der Waals surface area contributed by atoms with Crippen molar-refractivity contribution in [3.05, 3.63) is 52.3 Å². The standard InChI is InChI=1S/C15H20BrN3/c1-12(2)7-17-8-13-9-18-19(10-13)11-14-5-3-4-6-15(14)16/h3-6,9-10,12,17H,7-8,11H2,1-2H3. The Morgan fingerprint density at radius 3 is 2.84 bits per heavy atom. The fraction of sp³-hybridized carbons (Fsp3) is 0.400. The van der Waals surface area contributed by atoms with E-state index in [4.69, 9.17) is 0 Å². The zero-order chi connectivity index (χ0) is 13.7. The second-order valence-electron chi connectivity index (χ2n) is 5.16. The maximum absolute atomic E-state index is 4.41. The second kappa shape index (κ2) is 6.87. The van der Waals surface area contributed by atoms with Crippen molar-refractivity contribution in [2.75, 3.05) is 6.54 Å². The van der Waals surface area contributed by atoms with Gasteiger partial charge in [-0.1, -0.05) is 48.0 Å². The van der Waals surface area contributed by atoms with E-state index >= 15 is 0 Å². The number of hydrogen-bond donors (Lipinski definition) is 1. The molecule has 0 spiro atoms. The number of rotatable bonds is 6. The molecular formula is C15H20BrN3. The number of benzene rings is 1. The van der Waals surface area contributed by atoms with Gasteiger partial charge in [-0.2, -0.15) is 5.10 Å². The van der Waals surface area contributed by atoms with Crippen LogP contribution >= 0.6 is 15.9 Å². The largest absolute Gasteiger partial charge is 0.312 e. The van der Waals surface area contributed by atoms with Gasteiger partial charge in [-0.05, 0) is 24.1 Å². The number of nitrogens with one attached hydrogen (secondary N) is 1. The molecule has 0 atom stereocenters. The van der Waals surface area contributed by atoms with Gasteiger partial charge in [0.05, 0.1) is 12.7 Å². The lowest BCUT2D eigenvalue weighted by atomic mass is 10.2. The van der Waals surface area contributed by atoms with E-state index in [2.05, 4.69) is 64.6 Å². The Kier molecular flexibility index (Phi) is 5.16. The van der Waals surface area contributed by atoms with Crippen LogP contribution in [0.25, 0.3) is 0 Å². The Labute approximate surface area is 123 Å². The van der Waals surface area contributed by atoms with Gasteiger partial charge in [-0.15, -0.1) is 0 Å². The van der Waals surface area contributed by atoms with Crippen molar-refractivity contribution in [3.8, 4) is 0 Å². The van der Waals surface area contributed by atoms with E-state index in [1.807, 2.05) is 16.9 Å². The molecule has 0 aliphatic rings. The molecule has 19 heavy (non-hydrogen) atoms. The molecule has 0 saturated heterocycles. The first-order valence-corrected chi connectivity index (χ1v) is 7.40. The van der Waals surface area contributed by atoms with Gasteiger partial charge in [-0.3, -0.25) is 4.68 Å². The predicted molar refractivity (Wildman–Crippen MR) is 82.0 cm³/mol. The molecule has 1 aromatic heterocycles. The lowest BCUT2D eigenvalue weighted by Gasteiger charge is -2.05. The minimum Gasteiger partial charge on any atom is -0.312 e. The molecule has 1 aromatic carbocycles. The van der Waals surface area contributed by atoms with Crippen molar-refractivity contribution < 1.29 is 0 Å². The van der Waals surface area contributed by atoms with Crippen molar-refractivity contribution in [2.24, 2.45) is 5.92 Å². The van der Waals surface area contributed by atoms with Crippen LogP contribution in [-0.2, 0) is 13.1 Å². The highest BCUT2D eigenvalue weighted by Crippen LogP contribution is 2.16. The molecule has 102 valence electrons. The van der Waals surface area contributed by atoms with Crippen LogP contribution in [0.3, 0.4) is 0 Å². The quantitative estimate of drug-likeness (QED) is 0.883. The molecule has 0 saturated carbocycles. The predicted octanol–water partition coefficient (Wildman–Crippen LogP) is 3.44.